The Morgan fingerprint density at radius 1 is 1.47 bits per heavy atom. The molecule has 0 spiro atoms. The second-order valence-electron chi connectivity index (χ2n) is 4.42. The summed E-state index contributed by atoms with van der Waals surface area (Å²) in [5.41, 5.74) is 6.77. The molecule has 2 rings (SSSR count). The van der Waals surface area contributed by atoms with Gasteiger partial charge in [0.1, 0.15) is 17.7 Å². The van der Waals surface area contributed by atoms with Crippen molar-refractivity contribution < 1.29 is 9.13 Å². The zero-order valence-electron chi connectivity index (χ0n) is 10.7. The normalized spacial score (nSPS) is 14.2. The molecule has 4 nitrogen and oxygen atoms in total. The first kappa shape index (κ1) is 13.8. The number of nitrogens with two attached hydrogens (primary N) is 1. The minimum atomic E-state index is -0.406. The average Bonchev–Trinajstić information content (AvgIpc) is 2.74. The fourth-order valence-electron chi connectivity index (χ4n) is 1.77. The summed E-state index contributed by atoms with van der Waals surface area (Å²) in [5, 5.41) is 4.30. The molecule has 2 aromatic rings. The molecule has 0 radical (unpaired) electrons. The van der Waals surface area contributed by atoms with Gasteiger partial charge in [-0.2, -0.15) is 5.10 Å². The lowest BCUT2D eigenvalue weighted by atomic mass is 10.1. The van der Waals surface area contributed by atoms with Crippen LogP contribution in [0.15, 0.2) is 30.6 Å². The van der Waals surface area contributed by atoms with Gasteiger partial charge in [-0.1, -0.05) is 11.6 Å². The predicted molar refractivity (Wildman–Crippen MR) is 71.6 cm³/mol. The third kappa shape index (κ3) is 3.24. The van der Waals surface area contributed by atoms with Crippen molar-refractivity contribution in [3.8, 4) is 5.75 Å². The highest BCUT2D eigenvalue weighted by molar-refractivity contribution is 6.32. The van der Waals surface area contributed by atoms with Gasteiger partial charge in [0.2, 0.25) is 0 Å². The Hall–Kier alpha value is -1.59. The first-order chi connectivity index (χ1) is 8.97. The van der Waals surface area contributed by atoms with E-state index >= 15 is 0 Å². The molecule has 0 saturated carbocycles. The molecule has 0 saturated heterocycles. The van der Waals surface area contributed by atoms with Crippen molar-refractivity contribution in [1.82, 2.24) is 9.78 Å². The summed E-state index contributed by atoms with van der Waals surface area (Å²) in [6, 6.07) is 3.73. The van der Waals surface area contributed by atoms with Gasteiger partial charge >= 0.3 is 0 Å². The summed E-state index contributed by atoms with van der Waals surface area (Å²) in [6.07, 6.45) is 3.12. The fourth-order valence-corrected chi connectivity index (χ4v) is 1.99. The first-order valence-electron chi connectivity index (χ1n) is 5.83. The summed E-state index contributed by atoms with van der Waals surface area (Å²) < 4.78 is 20.4. The quantitative estimate of drug-likeness (QED) is 0.938. The maximum absolute atomic E-state index is 13.0. The van der Waals surface area contributed by atoms with Crippen LogP contribution in [-0.4, -0.2) is 15.8 Å². The van der Waals surface area contributed by atoms with Crippen molar-refractivity contribution in [2.24, 2.45) is 12.8 Å². The van der Waals surface area contributed by atoms with E-state index in [2.05, 4.69) is 5.10 Å². The third-order valence-corrected chi connectivity index (χ3v) is 2.97. The molecular weight excluding hydrogens is 269 g/mol. The third-order valence-electron chi connectivity index (χ3n) is 2.68. The maximum atomic E-state index is 13.0. The van der Waals surface area contributed by atoms with E-state index < -0.39 is 11.9 Å². The van der Waals surface area contributed by atoms with Crippen LogP contribution < -0.4 is 10.5 Å². The lowest BCUT2D eigenvalue weighted by molar-refractivity contribution is 0.180. The highest BCUT2D eigenvalue weighted by Crippen LogP contribution is 2.30. The number of benzene rings is 1. The van der Waals surface area contributed by atoms with Crippen LogP contribution in [0.4, 0.5) is 4.39 Å². The molecule has 0 aliphatic heterocycles. The standard InChI is InChI=1S/C13H15ClFN3O/c1-8(16)13(9-6-17-18(2)7-9)19-12-4-3-10(15)5-11(12)14/h3-8,13H,16H2,1-2H3. The zero-order valence-corrected chi connectivity index (χ0v) is 11.4. The maximum Gasteiger partial charge on any atom is 0.142 e. The summed E-state index contributed by atoms with van der Waals surface area (Å²) >= 11 is 5.94. The molecule has 0 amide bonds. The molecule has 2 atom stereocenters. The van der Waals surface area contributed by atoms with E-state index in [0.29, 0.717) is 5.75 Å². The van der Waals surface area contributed by atoms with E-state index in [0.717, 1.165) is 5.56 Å². The Balaban J connectivity index is 2.26. The number of nitrogens with zero attached hydrogens (tertiary/aromatic N) is 2. The van der Waals surface area contributed by atoms with Crippen LogP contribution >= 0.6 is 11.6 Å². The number of halogens is 2. The minimum absolute atomic E-state index is 0.217. The number of hydrogen-bond acceptors (Lipinski definition) is 3. The van der Waals surface area contributed by atoms with E-state index in [4.69, 9.17) is 22.1 Å². The van der Waals surface area contributed by atoms with E-state index in [-0.39, 0.29) is 11.1 Å². The van der Waals surface area contributed by atoms with Gasteiger partial charge in [-0.25, -0.2) is 4.39 Å². The second-order valence-corrected chi connectivity index (χ2v) is 4.83. The van der Waals surface area contributed by atoms with E-state index in [1.807, 2.05) is 20.2 Å². The van der Waals surface area contributed by atoms with Crippen molar-refractivity contribution in [2.75, 3.05) is 0 Å². The fraction of sp³-hybridized carbons (Fsp3) is 0.308. The Morgan fingerprint density at radius 2 is 2.21 bits per heavy atom. The Morgan fingerprint density at radius 3 is 2.74 bits per heavy atom. The lowest BCUT2D eigenvalue weighted by Crippen LogP contribution is -2.28. The Bertz CT molecular complexity index is 571. The molecule has 0 aliphatic carbocycles. The van der Waals surface area contributed by atoms with Crippen molar-refractivity contribution >= 4 is 11.6 Å². The summed E-state index contributed by atoms with van der Waals surface area (Å²) in [5.74, 6) is -0.00899. The smallest absolute Gasteiger partial charge is 0.142 e. The van der Waals surface area contributed by atoms with Crippen LogP contribution in [-0.2, 0) is 7.05 Å². The largest absolute Gasteiger partial charge is 0.482 e. The highest BCUT2D eigenvalue weighted by Gasteiger charge is 2.21. The van der Waals surface area contributed by atoms with Crippen molar-refractivity contribution in [1.29, 1.82) is 0 Å². The average molecular weight is 284 g/mol. The summed E-state index contributed by atoms with van der Waals surface area (Å²) in [6.45, 7) is 1.83. The minimum Gasteiger partial charge on any atom is -0.482 e. The molecule has 1 aromatic carbocycles. The summed E-state index contributed by atoms with van der Waals surface area (Å²) in [7, 11) is 1.81. The molecule has 19 heavy (non-hydrogen) atoms. The molecule has 0 fully saturated rings. The molecule has 2 unspecified atom stereocenters. The van der Waals surface area contributed by atoms with Crippen LogP contribution in [0.3, 0.4) is 0 Å². The first-order valence-corrected chi connectivity index (χ1v) is 6.21. The highest BCUT2D eigenvalue weighted by atomic mass is 35.5. The van der Waals surface area contributed by atoms with E-state index in [1.54, 1.807) is 10.9 Å². The van der Waals surface area contributed by atoms with Gasteiger partial charge in [0.15, 0.2) is 0 Å². The molecule has 1 heterocycles. The van der Waals surface area contributed by atoms with Crippen LogP contribution in [0.1, 0.15) is 18.6 Å². The summed E-state index contributed by atoms with van der Waals surface area (Å²) in [4.78, 5) is 0. The second kappa shape index (κ2) is 5.59. The van der Waals surface area contributed by atoms with Gasteiger partial charge in [-0.05, 0) is 25.1 Å². The number of aromatic nitrogens is 2. The number of ether oxygens (including phenoxy) is 1. The van der Waals surface area contributed by atoms with E-state index in [9.17, 15) is 4.39 Å². The van der Waals surface area contributed by atoms with Crippen LogP contribution in [0.2, 0.25) is 5.02 Å². The molecule has 102 valence electrons. The van der Waals surface area contributed by atoms with Crippen LogP contribution in [0.5, 0.6) is 5.75 Å². The predicted octanol–water partition coefficient (Wildman–Crippen LogP) is 2.68. The molecule has 1 aromatic heterocycles. The van der Waals surface area contributed by atoms with Gasteiger partial charge < -0.3 is 10.5 Å². The van der Waals surface area contributed by atoms with Crippen LogP contribution in [0.25, 0.3) is 0 Å². The van der Waals surface area contributed by atoms with E-state index in [1.165, 1.54) is 18.2 Å². The molecule has 2 N–H and O–H groups in total. The van der Waals surface area contributed by atoms with Crippen molar-refractivity contribution in [3.05, 3.63) is 47.0 Å². The molecule has 0 aliphatic rings. The van der Waals surface area contributed by atoms with Gasteiger partial charge in [-0.15, -0.1) is 0 Å². The molecular formula is C13H15ClFN3O. The Labute approximate surface area is 115 Å². The number of aryl methyl sites for hydroxylation is 1. The Kier molecular flexibility index (Phi) is 4.07. The van der Waals surface area contributed by atoms with Crippen molar-refractivity contribution in [3.63, 3.8) is 0 Å². The van der Waals surface area contributed by atoms with Gasteiger partial charge in [0.25, 0.3) is 0 Å². The SMILES string of the molecule is CC(N)C(Oc1ccc(F)cc1Cl)c1cnn(C)c1. The van der Waals surface area contributed by atoms with Gasteiger partial charge in [0.05, 0.1) is 11.2 Å². The van der Waals surface area contributed by atoms with Crippen molar-refractivity contribution in [2.45, 2.75) is 19.1 Å². The lowest BCUT2D eigenvalue weighted by Gasteiger charge is -2.22. The topological polar surface area (TPSA) is 53.1 Å². The number of rotatable bonds is 4. The monoisotopic (exact) mass is 283 g/mol. The van der Waals surface area contributed by atoms with Crippen LogP contribution in [0, 0.1) is 5.82 Å². The molecule has 0 bridgehead atoms. The molecule has 6 heteroatoms. The zero-order chi connectivity index (χ0) is 14.0. The van der Waals surface area contributed by atoms with Gasteiger partial charge in [-0.3, -0.25) is 4.68 Å². The van der Waals surface area contributed by atoms with Gasteiger partial charge in [0, 0.05) is 24.8 Å². The number of hydrogen-bond donors (Lipinski definition) is 1.